The molecule has 1 aromatic rings. The molecule has 0 aromatic heterocycles. The van der Waals surface area contributed by atoms with Crippen LogP contribution in [0.25, 0.3) is 0 Å². The Kier molecular flexibility index (Phi) is 6.40. The molecule has 1 fully saturated rings. The Labute approximate surface area is 176 Å². The highest BCUT2D eigenvalue weighted by molar-refractivity contribution is 8.00. The number of hydrogen-bond acceptors (Lipinski definition) is 8. The summed E-state index contributed by atoms with van der Waals surface area (Å²) in [7, 11) is 2.66. The summed E-state index contributed by atoms with van der Waals surface area (Å²) in [6, 6.07) is 7.77. The number of oxime groups is 2. The normalized spacial score (nSPS) is 23.7. The second-order valence-electron chi connectivity index (χ2n) is 6.34. The number of aliphatic carboxylic acids is 1. The maximum atomic E-state index is 12.8. The van der Waals surface area contributed by atoms with Crippen LogP contribution in [0.1, 0.15) is 12.5 Å². The van der Waals surface area contributed by atoms with Crippen molar-refractivity contribution in [2.45, 2.75) is 23.6 Å². The summed E-state index contributed by atoms with van der Waals surface area (Å²) in [5, 5.41) is 18.9. The molecule has 1 unspecified atom stereocenters. The van der Waals surface area contributed by atoms with E-state index in [0.29, 0.717) is 11.1 Å². The number of β-lactam (4-membered cyclic amide) rings is 1. The Morgan fingerprint density at radius 3 is 2.53 bits per heavy atom. The lowest BCUT2D eigenvalue weighted by Gasteiger charge is -2.50. The van der Waals surface area contributed by atoms with E-state index in [1.54, 1.807) is 37.3 Å². The molecule has 3 atom stereocenters. The lowest BCUT2D eigenvalue weighted by molar-refractivity contribution is -0.150. The molecule has 1 saturated heterocycles. The zero-order valence-corrected chi connectivity index (χ0v) is 17.3. The van der Waals surface area contributed by atoms with Crippen molar-refractivity contribution in [3.05, 3.63) is 47.2 Å². The second kappa shape index (κ2) is 8.99. The first kappa shape index (κ1) is 21.4. The van der Waals surface area contributed by atoms with Gasteiger partial charge in [0.2, 0.25) is 0 Å². The van der Waals surface area contributed by atoms with Crippen molar-refractivity contribution in [2.75, 3.05) is 14.2 Å². The SMILES string of the molecule is CON=CC1=C(C(=O)O)N2C(=O)C(NC(=O)C(=NOC)c3ccccc3)[C@@H]2S[C@@H]1C. The maximum absolute atomic E-state index is 12.8. The summed E-state index contributed by atoms with van der Waals surface area (Å²) in [5.41, 5.74) is 0.723. The van der Waals surface area contributed by atoms with Crippen LogP contribution in [0.5, 0.6) is 0 Å². The lowest BCUT2D eigenvalue weighted by atomic mass is 10.0. The van der Waals surface area contributed by atoms with E-state index in [-0.39, 0.29) is 16.7 Å². The summed E-state index contributed by atoms with van der Waals surface area (Å²) in [6.45, 7) is 1.80. The maximum Gasteiger partial charge on any atom is 0.353 e. The third kappa shape index (κ3) is 3.88. The quantitative estimate of drug-likeness (QED) is 0.370. The van der Waals surface area contributed by atoms with Crippen molar-refractivity contribution in [1.82, 2.24) is 10.2 Å². The van der Waals surface area contributed by atoms with Crippen LogP contribution in [-0.4, -0.2) is 70.6 Å². The summed E-state index contributed by atoms with van der Waals surface area (Å²) in [4.78, 5) is 47.9. The Morgan fingerprint density at radius 1 is 1.23 bits per heavy atom. The van der Waals surface area contributed by atoms with E-state index >= 15 is 0 Å². The van der Waals surface area contributed by atoms with Crippen LogP contribution in [-0.2, 0) is 24.1 Å². The summed E-state index contributed by atoms with van der Waals surface area (Å²) in [5.74, 6) is -2.38. The third-order valence-electron chi connectivity index (χ3n) is 4.57. The summed E-state index contributed by atoms with van der Waals surface area (Å²) in [6.07, 6.45) is 1.29. The smallest absolute Gasteiger partial charge is 0.353 e. The average molecular weight is 432 g/mol. The number of benzene rings is 1. The van der Waals surface area contributed by atoms with Gasteiger partial charge >= 0.3 is 5.97 Å². The monoisotopic (exact) mass is 432 g/mol. The van der Waals surface area contributed by atoms with Crippen molar-refractivity contribution in [3.63, 3.8) is 0 Å². The van der Waals surface area contributed by atoms with Gasteiger partial charge < -0.3 is 20.1 Å². The minimum atomic E-state index is -1.26. The van der Waals surface area contributed by atoms with Crippen LogP contribution in [0.4, 0.5) is 0 Å². The van der Waals surface area contributed by atoms with E-state index in [2.05, 4.69) is 20.5 Å². The van der Waals surface area contributed by atoms with E-state index in [9.17, 15) is 19.5 Å². The molecule has 0 saturated carbocycles. The fourth-order valence-electron chi connectivity index (χ4n) is 3.21. The van der Waals surface area contributed by atoms with E-state index in [1.807, 2.05) is 0 Å². The third-order valence-corrected chi connectivity index (χ3v) is 5.99. The molecule has 0 radical (unpaired) electrons. The number of nitrogens with zero attached hydrogens (tertiary/aromatic N) is 3. The predicted molar refractivity (Wildman–Crippen MR) is 110 cm³/mol. The standard InChI is InChI=1S/C19H20N4O6S/c1-10-12(9-20-28-2)15(19(26)27)23-17(25)14(18(23)30-10)21-16(24)13(22-29-3)11-7-5-4-6-8-11/h4-10,14,18H,1-3H3,(H,21,24)(H,26,27)/t10-,14?,18+/m1/s1. The number of amides is 2. The summed E-state index contributed by atoms with van der Waals surface area (Å²) < 4.78 is 0. The highest BCUT2D eigenvalue weighted by Crippen LogP contribution is 2.43. The van der Waals surface area contributed by atoms with Crippen molar-refractivity contribution in [1.29, 1.82) is 0 Å². The molecule has 3 rings (SSSR count). The number of thioether (sulfide) groups is 1. The van der Waals surface area contributed by atoms with Gasteiger partial charge in [-0.15, -0.1) is 11.8 Å². The molecule has 2 heterocycles. The molecule has 30 heavy (non-hydrogen) atoms. The molecule has 2 aliphatic heterocycles. The Hall–Kier alpha value is -3.34. The fourth-order valence-corrected chi connectivity index (χ4v) is 4.62. The minimum Gasteiger partial charge on any atom is -0.477 e. The van der Waals surface area contributed by atoms with E-state index in [0.717, 1.165) is 4.90 Å². The zero-order valence-electron chi connectivity index (χ0n) is 16.4. The lowest BCUT2D eigenvalue weighted by Crippen LogP contribution is -2.71. The number of nitrogens with one attached hydrogen (secondary N) is 1. The van der Waals surface area contributed by atoms with Crippen molar-refractivity contribution in [2.24, 2.45) is 10.3 Å². The van der Waals surface area contributed by atoms with Gasteiger partial charge in [-0.3, -0.25) is 14.5 Å². The Balaban J connectivity index is 1.84. The van der Waals surface area contributed by atoms with Crippen LogP contribution in [0.3, 0.4) is 0 Å². The Morgan fingerprint density at radius 2 is 1.93 bits per heavy atom. The molecule has 0 aliphatic carbocycles. The van der Waals surface area contributed by atoms with Gasteiger partial charge in [-0.2, -0.15) is 0 Å². The first-order chi connectivity index (χ1) is 14.4. The number of fused-ring (bicyclic) bond motifs is 1. The first-order valence-corrected chi connectivity index (χ1v) is 9.85. The number of rotatable bonds is 7. The second-order valence-corrected chi connectivity index (χ2v) is 7.81. The zero-order chi connectivity index (χ0) is 21.8. The van der Waals surface area contributed by atoms with Crippen LogP contribution >= 0.6 is 11.8 Å². The molecule has 0 spiro atoms. The van der Waals surface area contributed by atoms with Crippen molar-refractivity contribution < 1.29 is 29.2 Å². The van der Waals surface area contributed by atoms with Gasteiger partial charge in [-0.05, 0) is 6.92 Å². The highest BCUT2D eigenvalue weighted by Gasteiger charge is 2.55. The van der Waals surface area contributed by atoms with Gasteiger partial charge in [0.25, 0.3) is 11.8 Å². The summed E-state index contributed by atoms with van der Waals surface area (Å²) >= 11 is 1.34. The van der Waals surface area contributed by atoms with Gasteiger partial charge in [-0.25, -0.2) is 4.79 Å². The molecular weight excluding hydrogens is 412 g/mol. The van der Waals surface area contributed by atoms with Crippen molar-refractivity contribution >= 4 is 41.5 Å². The molecule has 1 aromatic carbocycles. The highest BCUT2D eigenvalue weighted by atomic mass is 32.2. The molecule has 11 heteroatoms. The van der Waals surface area contributed by atoms with Crippen LogP contribution in [0.15, 0.2) is 51.9 Å². The number of carboxylic acid groups (broad SMARTS) is 1. The first-order valence-electron chi connectivity index (χ1n) is 8.90. The van der Waals surface area contributed by atoms with Gasteiger partial charge in [0.15, 0.2) is 5.71 Å². The van der Waals surface area contributed by atoms with E-state index in [4.69, 9.17) is 4.84 Å². The van der Waals surface area contributed by atoms with E-state index < -0.39 is 29.2 Å². The predicted octanol–water partition coefficient (Wildman–Crippen LogP) is 0.796. The number of hydrogen-bond donors (Lipinski definition) is 2. The molecule has 0 bridgehead atoms. The number of carbonyl (C=O) groups is 3. The number of carbonyl (C=O) groups excluding carboxylic acids is 2. The van der Waals surface area contributed by atoms with Gasteiger partial charge in [0, 0.05) is 16.4 Å². The van der Waals surface area contributed by atoms with Gasteiger partial charge in [-0.1, -0.05) is 40.6 Å². The molecule has 10 nitrogen and oxygen atoms in total. The largest absolute Gasteiger partial charge is 0.477 e. The van der Waals surface area contributed by atoms with E-state index in [1.165, 1.54) is 32.2 Å². The van der Waals surface area contributed by atoms with Crippen LogP contribution in [0, 0.1) is 0 Å². The topological polar surface area (TPSA) is 130 Å². The van der Waals surface area contributed by atoms with Crippen LogP contribution in [0.2, 0.25) is 0 Å². The van der Waals surface area contributed by atoms with Crippen molar-refractivity contribution in [3.8, 4) is 0 Å². The van der Waals surface area contributed by atoms with Gasteiger partial charge in [0.1, 0.15) is 31.3 Å². The molecule has 2 N–H and O–H groups in total. The molecule has 2 amide bonds. The number of carboxylic acids is 1. The van der Waals surface area contributed by atoms with Gasteiger partial charge in [0.05, 0.1) is 6.21 Å². The molecule has 158 valence electrons. The average Bonchev–Trinajstić information content (AvgIpc) is 2.74. The molecular formula is C19H20N4O6S. The fraction of sp³-hybridized carbons (Fsp3) is 0.316. The van der Waals surface area contributed by atoms with Crippen LogP contribution < -0.4 is 5.32 Å². The minimum absolute atomic E-state index is 0.0140. The molecule has 2 aliphatic rings. The Bertz CT molecular complexity index is 946.